The molecule has 0 atom stereocenters. The Morgan fingerprint density at radius 1 is 1.12 bits per heavy atom. The highest BCUT2D eigenvalue weighted by Gasteiger charge is 2.21. The van der Waals surface area contributed by atoms with Crippen LogP contribution < -0.4 is 20.3 Å². The number of hydrogen-bond donors (Lipinski definition) is 2. The Morgan fingerprint density at radius 3 is 2.62 bits per heavy atom. The lowest BCUT2D eigenvalue weighted by atomic mass is 9.91. The molecule has 0 aliphatic heterocycles. The Bertz CT molecular complexity index is 698. The van der Waals surface area contributed by atoms with Gasteiger partial charge in [-0.05, 0) is 49.4 Å². The number of nitrogens with one attached hydrogen (secondary N) is 2. The number of benzene rings is 1. The van der Waals surface area contributed by atoms with Crippen LogP contribution in [0.25, 0.3) is 0 Å². The molecule has 6 heteroatoms. The van der Waals surface area contributed by atoms with Crippen molar-refractivity contribution < 1.29 is 4.74 Å². The molecule has 26 heavy (non-hydrogen) atoms. The molecule has 1 heterocycles. The number of nitrogens with zero attached hydrogens (tertiary/aromatic N) is 3. The fourth-order valence-corrected chi connectivity index (χ4v) is 3.34. The second-order valence-corrected chi connectivity index (χ2v) is 7.06. The van der Waals surface area contributed by atoms with Crippen LogP contribution in [0, 0.1) is 0 Å². The number of ether oxygens (including phenoxy) is 1. The summed E-state index contributed by atoms with van der Waals surface area (Å²) in [7, 11) is 5.69. The van der Waals surface area contributed by atoms with E-state index in [4.69, 9.17) is 4.74 Å². The van der Waals surface area contributed by atoms with Crippen LogP contribution in [0.4, 0.5) is 11.8 Å². The van der Waals surface area contributed by atoms with Gasteiger partial charge in [0, 0.05) is 38.9 Å². The predicted octanol–water partition coefficient (Wildman–Crippen LogP) is 3.06. The monoisotopic (exact) mass is 355 g/mol. The smallest absolute Gasteiger partial charge is 0.224 e. The minimum absolute atomic E-state index is 0.447. The van der Waals surface area contributed by atoms with Gasteiger partial charge >= 0.3 is 0 Å². The molecule has 1 aromatic heterocycles. The van der Waals surface area contributed by atoms with Crippen molar-refractivity contribution in [2.24, 2.45) is 0 Å². The third kappa shape index (κ3) is 5.08. The van der Waals surface area contributed by atoms with Gasteiger partial charge in [0.15, 0.2) is 0 Å². The van der Waals surface area contributed by atoms with Crippen molar-refractivity contribution in [2.75, 3.05) is 31.4 Å². The van der Waals surface area contributed by atoms with Gasteiger partial charge in [0.25, 0.3) is 0 Å². The summed E-state index contributed by atoms with van der Waals surface area (Å²) in [6, 6.07) is 11.2. The molecule has 1 aliphatic carbocycles. The molecular weight excluding hydrogens is 326 g/mol. The molecule has 0 amide bonds. The quantitative estimate of drug-likeness (QED) is 0.796. The van der Waals surface area contributed by atoms with Gasteiger partial charge in [-0.25, -0.2) is 4.98 Å². The van der Waals surface area contributed by atoms with E-state index in [1.807, 2.05) is 43.4 Å². The maximum atomic E-state index is 5.29. The van der Waals surface area contributed by atoms with Crippen molar-refractivity contribution in [3.05, 3.63) is 42.1 Å². The fraction of sp³-hybridized carbons (Fsp3) is 0.500. The summed E-state index contributed by atoms with van der Waals surface area (Å²) in [6.45, 7) is 0.883. The van der Waals surface area contributed by atoms with Gasteiger partial charge in [0.1, 0.15) is 11.6 Å². The van der Waals surface area contributed by atoms with Crippen LogP contribution in [-0.2, 0) is 6.54 Å². The standard InChI is InChI=1S/C20H29N5O/c1-25(2)19-11-12-21-20(24-19)23-17-9-7-16(8-10-17)22-14-15-5-4-6-18(13-15)26-3/h4-6,11-13,16-17,22H,7-10,14H2,1-3H3,(H,21,23,24). The third-order valence-corrected chi connectivity index (χ3v) is 4.89. The molecule has 0 saturated heterocycles. The Morgan fingerprint density at radius 2 is 1.88 bits per heavy atom. The Labute approximate surface area is 156 Å². The summed E-state index contributed by atoms with van der Waals surface area (Å²) in [6.07, 6.45) is 6.40. The van der Waals surface area contributed by atoms with Crippen LogP contribution >= 0.6 is 0 Å². The van der Waals surface area contributed by atoms with E-state index in [1.165, 1.54) is 5.56 Å². The normalized spacial score (nSPS) is 19.8. The maximum absolute atomic E-state index is 5.29. The van der Waals surface area contributed by atoms with Crippen LogP contribution in [0.3, 0.4) is 0 Å². The molecule has 0 spiro atoms. The number of hydrogen-bond acceptors (Lipinski definition) is 6. The van der Waals surface area contributed by atoms with E-state index in [0.29, 0.717) is 12.1 Å². The molecule has 1 saturated carbocycles. The molecule has 1 fully saturated rings. The fourth-order valence-electron chi connectivity index (χ4n) is 3.34. The minimum atomic E-state index is 0.447. The van der Waals surface area contributed by atoms with Crippen LogP contribution in [0.1, 0.15) is 31.2 Å². The highest BCUT2D eigenvalue weighted by molar-refractivity contribution is 5.41. The third-order valence-electron chi connectivity index (χ3n) is 4.89. The van der Waals surface area contributed by atoms with Crippen molar-refractivity contribution in [3.63, 3.8) is 0 Å². The van der Waals surface area contributed by atoms with E-state index in [1.54, 1.807) is 7.11 Å². The van der Waals surface area contributed by atoms with Crippen LogP contribution in [0.5, 0.6) is 5.75 Å². The molecular formula is C20H29N5O. The van der Waals surface area contributed by atoms with Crippen molar-refractivity contribution in [1.29, 1.82) is 0 Å². The van der Waals surface area contributed by atoms with Crippen LogP contribution in [0.2, 0.25) is 0 Å². The Hall–Kier alpha value is -2.34. The highest BCUT2D eigenvalue weighted by Crippen LogP contribution is 2.22. The first-order valence-electron chi connectivity index (χ1n) is 9.27. The first-order valence-corrected chi connectivity index (χ1v) is 9.27. The van der Waals surface area contributed by atoms with E-state index in [2.05, 4.69) is 32.7 Å². The summed E-state index contributed by atoms with van der Waals surface area (Å²) in [5, 5.41) is 7.17. The molecule has 0 unspecified atom stereocenters. The minimum Gasteiger partial charge on any atom is -0.497 e. The lowest BCUT2D eigenvalue weighted by Crippen LogP contribution is -2.36. The number of aromatic nitrogens is 2. The first-order chi connectivity index (χ1) is 12.6. The number of methoxy groups -OCH3 is 1. The van der Waals surface area contributed by atoms with Gasteiger partial charge < -0.3 is 20.3 Å². The molecule has 6 nitrogen and oxygen atoms in total. The number of rotatable bonds is 7. The van der Waals surface area contributed by atoms with Gasteiger partial charge in [0.05, 0.1) is 7.11 Å². The van der Waals surface area contributed by atoms with E-state index in [0.717, 1.165) is 49.7 Å². The van der Waals surface area contributed by atoms with Gasteiger partial charge in [-0.15, -0.1) is 0 Å². The largest absolute Gasteiger partial charge is 0.497 e. The second-order valence-electron chi connectivity index (χ2n) is 7.06. The lowest BCUT2D eigenvalue weighted by molar-refractivity contribution is 0.351. The number of anilines is 2. The summed E-state index contributed by atoms with van der Waals surface area (Å²) in [5.41, 5.74) is 1.26. The van der Waals surface area contributed by atoms with Crippen LogP contribution in [-0.4, -0.2) is 43.3 Å². The van der Waals surface area contributed by atoms with Gasteiger partial charge in [-0.2, -0.15) is 4.98 Å². The van der Waals surface area contributed by atoms with Crippen molar-refractivity contribution in [2.45, 2.75) is 44.3 Å². The lowest BCUT2D eigenvalue weighted by Gasteiger charge is -2.30. The summed E-state index contributed by atoms with van der Waals surface area (Å²) < 4.78 is 5.29. The van der Waals surface area contributed by atoms with E-state index in [-0.39, 0.29) is 0 Å². The zero-order valence-electron chi connectivity index (χ0n) is 15.9. The first kappa shape index (κ1) is 18.5. The topological polar surface area (TPSA) is 62.3 Å². The molecule has 0 radical (unpaired) electrons. The average Bonchev–Trinajstić information content (AvgIpc) is 2.68. The summed E-state index contributed by atoms with van der Waals surface area (Å²) in [5.74, 6) is 2.57. The molecule has 3 rings (SSSR count). The summed E-state index contributed by atoms with van der Waals surface area (Å²) in [4.78, 5) is 10.9. The van der Waals surface area contributed by atoms with Crippen molar-refractivity contribution in [3.8, 4) is 5.75 Å². The Balaban J connectivity index is 1.44. The van der Waals surface area contributed by atoms with Crippen molar-refractivity contribution in [1.82, 2.24) is 15.3 Å². The zero-order valence-corrected chi connectivity index (χ0v) is 15.9. The molecule has 2 aromatic rings. The molecule has 0 bridgehead atoms. The molecule has 1 aromatic carbocycles. The predicted molar refractivity (Wildman–Crippen MR) is 106 cm³/mol. The van der Waals surface area contributed by atoms with Crippen molar-refractivity contribution >= 4 is 11.8 Å². The van der Waals surface area contributed by atoms with E-state index >= 15 is 0 Å². The zero-order chi connectivity index (χ0) is 18.4. The van der Waals surface area contributed by atoms with Crippen LogP contribution in [0.15, 0.2) is 36.5 Å². The maximum Gasteiger partial charge on any atom is 0.224 e. The SMILES string of the molecule is COc1cccc(CNC2CCC(Nc3nccc(N(C)C)n3)CC2)c1. The van der Waals surface area contributed by atoms with Gasteiger partial charge in [-0.3, -0.25) is 0 Å². The second kappa shape index (κ2) is 8.85. The van der Waals surface area contributed by atoms with Gasteiger partial charge in [-0.1, -0.05) is 12.1 Å². The molecule has 2 N–H and O–H groups in total. The molecule has 140 valence electrons. The average molecular weight is 355 g/mol. The Kier molecular flexibility index (Phi) is 6.28. The van der Waals surface area contributed by atoms with Gasteiger partial charge in [0.2, 0.25) is 5.95 Å². The highest BCUT2D eigenvalue weighted by atomic mass is 16.5. The van der Waals surface area contributed by atoms with E-state index < -0.39 is 0 Å². The molecule has 1 aliphatic rings. The van der Waals surface area contributed by atoms with E-state index in [9.17, 15) is 0 Å². The summed E-state index contributed by atoms with van der Waals surface area (Å²) >= 11 is 0.